The number of rotatable bonds is 5. The minimum Gasteiger partial charge on any atom is -0.593 e. The van der Waals surface area contributed by atoms with E-state index in [2.05, 4.69) is 16.1 Å². The van der Waals surface area contributed by atoms with Gasteiger partial charge in [-0.25, -0.2) is 4.79 Å². The Kier molecular flexibility index (Phi) is 6.11. The van der Waals surface area contributed by atoms with Gasteiger partial charge in [-0.2, -0.15) is 4.72 Å². The number of likely N-dealkylation sites (tertiary alicyclic amines) is 1. The lowest BCUT2D eigenvalue weighted by Crippen LogP contribution is -2.40. The second kappa shape index (κ2) is 8.74. The van der Waals surface area contributed by atoms with E-state index in [0.717, 1.165) is 70.1 Å². The van der Waals surface area contributed by atoms with Crippen LogP contribution >= 0.6 is 0 Å². The molecule has 0 aromatic heterocycles. The molecule has 7 heteroatoms. The SMILES string of the molecule is O=C(Nc1c2c(cc3c1CCC3)CCC2)N[S+]([O-])CCC(=O)N1CCCCC1. The first-order valence-corrected chi connectivity index (χ1v) is 11.8. The van der Waals surface area contributed by atoms with Crippen LogP contribution in [0.3, 0.4) is 0 Å². The molecule has 2 N–H and O–H groups in total. The first kappa shape index (κ1) is 19.6. The standard InChI is InChI=1S/C21H29N3O3S/c25-19(24-11-2-1-3-12-24)10-13-28(27)23-21(26)22-20-17-8-4-6-15(17)14-16-7-5-9-18(16)20/h14H,1-13H2,(H2,22,23,26). The summed E-state index contributed by atoms with van der Waals surface area (Å²) in [6, 6.07) is 1.89. The van der Waals surface area contributed by atoms with Gasteiger partial charge in [-0.1, -0.05) is 6.07 Å². The van der Waals surface area contributed by atoms with Crippen molar-refractivity contribution in [3.8, 4) is 0 Å². The Labute approximate surface area is 169 Å². The molecule has 1 heterocycles. The van der Waals surface area contributed by atoms with Crippen molar-refractivity contribution in [3.63, 3.8) is 0 Å². The lowest BCUT2D eigenvalue weighted by Gasteiger charge is -2.26. The van der Waals surface area contributed by atoms with Gasteiger partial charge in [0.15, 0.2) is 0 Å². The van der Waals surface area contributed by atoms with Crippen LogP contribution in [0.2, 0.25) is 0 Å². The maximum absolute atomic E-state index is 12.5. The van der Waals surface area contributed by atoms with Crippen LogP contribution in [0.1, 0.15) is 60.8 Å². The molecule has 6 nitrogen and oxygen atoms in total. The summed E-state index contributed by atoms with van der Waals surface area (Å²) in [6.07, 6.45) is 9.85. The Hall–Kier alpha value is -1.73. The fourth-order valence-corrected chi connectivity index (χ4v) is 5.46. The van der Waals surface area contributed by atoms with Crippen molar-refractivity contribution in [2.75, 3.05) is 24.2 Å². The van der Waals surface area contributed by atoms with Gasteiger partial charge in [0.2, 0.25) is 5.91 Å². The molecule has 1 atom stereocenters. The van der Waals surface area contributed by atoms with Crippen molar-refractivity contribution >= 4 is 29.0 Å². The minimum atomic E-state index is -1.55. The van der Waals surface area contributed by atoms with Crippen molar-refractivity contribution in [2.24, 2.45) is 0 Å². The van der Waals surface area contributed by atoms with Crippen LogP contribution < -0.4 is 10.0 Å². The number of hydrogen-bond acceptors (Lipinski definition) is 3. The van der Waals surface area contributed by atoms with E-state index >= 15 is 0 Å². The number of nitrogens with one attached hydrogen (secondary N) is 2. The molecule has 0 bridgehead atoms. The fourth-order valence-electron chi connectivity index (χ4n) is 4.74. The highest BCUT2D eigenvalue weighted by Crippen LogP contribution is 2.38. The average Bonchev–Trinajstić information content (AvgIpc) is 3.35. The predicted octanol–water partition coefficient (Wildman–Crippen LogP) is 2.85. The predicted molar refractivity (Wildman–Crippen MR) is 111 cm³/mol. The molecule has 1 aliphatic heterocycles. The third kappa shape index (κ3) is 4.30. The largest absolute Gasteiger partial charge is 0.593 e. The first-order valence-electron chi connectivity index (χ1n) is 10.5. The zero-order valence-corrected chi connectivity index (χ0v) is 17.2. The zero-order valence-electron chi connectivity index (χ0n) is 16.3. The van der Waals surface area contributed by atoms with Crippen LogP contribution in [0.15, 0.2) is 6.07 Å². The van der Waals surface area contributed by atoms with Gasteiger partial charge >= 0.3 is 6.03 Å². The molecule has 3 aliphatic rings. The molecule has 4 rings (SSSR count). The van der Waals surface area contributed by atoms with Gasteiger partial charge in [0.1, 0.15) is 5.75 Å². The lowest BCUT2D eigenvalue weighted by atomic mass is 9.99. The van der Waals surface area contributed by atoms with E-state index in [9.17, 15) is 14.1 Å². The molecule has 28 heavy (non-hydrogen) atoms. The Morgan fingerprint density at radius 2 is 1.61 bits per heavy atom. The molecule has 1 aromatic rings. The molecule has 0 radical (unpaired) electrons. The normalized spacial score (nSPS) is 19.1. The van der Waals surface area contributed by atoms with Gasteiger partial charge in [-0.3, -0.25) is 4.79 Å². The summed E-state index contributed by atoms with van der Waals surface area (Å²) < 4.78 is 14.8. The molecule has 0 saturated carbocycles. The first-order chi connectivity index (χ1) is 13.6. The van der Waals surface area contributed by atoms with Gasteiger partial charge < -0.3 is 14.8 Å². The number of fused-ring (bicyclic) bond motifs is 2. The monoisotopic (exact) mass is 403 g/mol. The Balaban J connectivity index is 1.32. The molecule has 1 saturated heterocycles. The van der Waals surface area contributed by atoms with E-state index in [4.69, 9.17) is 0 Å². The Morgan fingerprint density at radius 3 is 2.25 bits per heavy atom. The van der Waals surface area contributed by atoms with Crippen LogP contribution in [0.5, 0.6) is 0 Å². The maximum atomic E-state index is 12.5. The van der Waals surface area contributed by atoms with Gasteiger partial charge in [-0.05, 0) is 80.0 Å². The topological polar surface area (TPSA) is 84.5 Å². The quantitative estimate of drug-likeness (QED) is 0.742. The summed E-state index contributed by atoms with van der Waals surface area (Å²) in [5, 5.41) is 2.99. The number of nitrogens with zero attached hydrogens (tertiary/aromatic N) is 1. The molecule has 1 aromatic carbocycles. The highest BCUT2D eigenvalue weighted by Gasteiger charge is 2.26. The second-order valence-corrected chi connectivity index (χ2v) is 9.33. The molecule has 1 fully saturated rings. The summed E-state index contributed by atoms with van der Waals surface area (Å²) in [6.45, 7) is 1.59. The van der Waals surface area contributed by atoms with E-state index in [1.54, 1.807) is 0 Å². The van der Waals surface area contributed by atoms with Crippen LogP contribution in [-0.4, -0.2) is 40.2 Å². The van der Waals surface area contributed by atoms with Crippen molar-refractivity contribution < 1.29 is 14.1 Å². The van der Waals surface area contributed by atoms with Crippen molar-refractivity contribution in [3.05, 3.63) is 28.3 Å². The molecular weight excluding hydrogens is 374 g/mol. The Morgan fingerprint density at radius 1 is 0.964 bits per heavy atom. The molecule has 1 unspecified atom stereocenters. The minimum absolute atomic E-state index is 0.0361. The van der Waals surface area contributed by atoms with E-state index in [-0.39, 0.29) is 18.1 Å². The third-order valence-corrected chi connectivity index (χ3v) is 7.12. The smallest absolute Gasteiger partial charge is 0.360 e. The molecule has 3 amide bonds. The van der Waals surface area contributed by atoms with Gasteiger partial charge in [0.05, 0.1) is 17.8 Å². The summed E-state index contributed by atoms with van der Waals surface area (Å²) >= 11 is -1.55. The van der Waals surface area contributed by atoms with Crippen LogP contribution in [0.4, 0.5) is 10.5 Å². The van der Waals surface area contributed by atoms with E-state index in [0.29, 0.717) is 0 Å². The molecule has 2 aliphatic carbocycles. The van der Waals surface area contributed by atoms with E-state index in [1.807, 2.05) is 4.90 Å². The molecule has 152 valence electrons. The summed E-state index contributed by atoms with van der Waals surface area (Å²) in [5.41, 5.74) is 6.15. The summed E-state index contributed by atoms with van der Waals surface area (Å²) in [4.78, 5) is 26.5. The highest BCUT2D eigenvalue weighted by molar-refractivity contribution is 7.90. The van der Waals surface area contributed by atoms with E-state index < -0.39 is 17.4 Å². The molecule has 0 spiro atoms. The van der Waals surface area contributed by atoms with Gasteiger partial charge in [0, 0.05) is 18.8 Å². The number of carbonyl (C=O) groups is 2. The van der Waals surface area contributed by atoms with E-state index in [1.165, 1.54) is 28.7 Å². The number of aryl methyl sites for hydroxylation is 2. The maximum Gasteiger partial charge on any atom is 0.360 e. The second-order valence-electron chi connectivity index (χ2n) is 8.03. The number of benzene rings is 1. The molecular formula is C21H29N3O3S. The van der Waals surface area contributed by atoms with Gasteiger partial charge in [0.25, 0.3) is 0 Å². The zero-order chi connectivity index (χ0) is 19.5. The number of piperidine rings is 1. The summed E-state index contributed by atoms with van der Waals surface area (Å²) in [5.74, 6) is 0.197. The van der Waals surface area contributed by atoms with Gasteiger partial charge in [-0.15, -0.1) is 0 Å². The third-order valence-electron chi connectivity index (χ3n) is 6.13. The number of urea groups is 1. The lowest BCUT2D eigenvalue weighted by molar-refractivity contribution is -0.131. The number of carbonyl (C=O) groups excluding carboxylic acids is 2. The van der Waals surface area contributed by atoms with Crippen molar-refractivity contribution in [1.29, 1.82) is 0 Å². The highest BCUT2D eigenvalue weighted by atomic mass is 32.2. The fraction of sp³-hybridized carbons (Fsp3) is 0.619. The average molecular weight is 404 g/mol. The van der Waals surface area contributed by atoms with Crippen molar-refractivity contribution in [1.82, 2.24) is 9.62 Å². The number of hydrogen-bond donors (Lipinski definition) is 2. The van der Waals surface area contributed by atoms with Crippen LogP contribution in [0, 0.1) is 0 Å². The number of anilines is 1. The summed E-state index contributed by atoms with van der Waals surface area (Å²) in [7, 11) is 0. The number of amides is 3. The van der Waals surface area contributed by atoms with Crippen LogP contribution in [0.25, 0.3) is 0 Å². The Bertz CT molecular complexity index is 730. The van der Waals surface area contributed by atoms with Crippen LogP contribution in [-0.2, 0) is 41.8 Å². The van der Waals surface area contributed by atoms with Crippen molar-refractivity contribution in [2.45, 2.75) is 64.2 Å².